The van der Waals surface area contributed by atoms with Crippen LogP contribution < -0.4 is 0 Å². The second-order valence-corrected chi connectivity index (χ2v) is 26.8. The SMILES string of the molecule is CCC(COC(=O)CSCCC(=O)OCCCC(=O)OCC1c2ccccc2-c2ccccc21)(COC(=O)CSCCC(=O)OCCCC(=O)OCC1c2ccccc2-c2ccccc21)COC(=O)CSCCC(=O)OCCCC(=O)OCC1c2ccccc2-c2ccccc21. The van der Waals surface area contributed by atoms with Crippen molar-refractivity contribution in [3.8, 4) is 33.4 Å². The molecule has 0 saturated heterocycles. The maximum Gasteiger partial charge on any atom is 0.315 e. The Labute approximate surface area is 572 Å². The van der Waals surface area contributed by atoms with E-state index < -0.39 is 41.2 Å². The van der Waals surface area contributed by atoms with Crippen LogP contribution in [0.5, 0.6) is 0 Å². The number of hydrogen-bond donors (Lipinski definition) is 0. The first-order chi connectivity index (χ1) is 46.8. The van der Waals surface area contributed by atoms with Gasteiger partial charge in [-0.15, -0.1) is 35.3 Å². The minimum Gasteiger partial charge on any atom is -0.466 e. The number of thioether (sulfide) groups is 3. The highest BCUT2D eigenvalue weighted by Gasteiger charge is 2.36. The van der Waals surface area contributed by atoms with Crippen molar-refractivity contribution in [2.75, 3.05) is 94.0 Å². The Kier molecular flexibility index (Phi) is 27.9. The molecular weight excluding hydrogens is 1290 g/mol. The van der Waals surface area contributed by atoms with Crippen LogP contribution in [-0.4, -0.2) is 148 Å². The number of fused-ring (bicyclic) bond motifs is 9. The Morgan fingerprint density at radius 1 is 0.302 bits per heavy atom. The lowest BCUT2D eigenvalue weighted by molar-refractivity contribution is -0.159. The van der Waals surface area contributed by atoms with Crippen molar-refractivity contribution >= 4 is 89.0 Å². The fourth-order valence-electron chi connectivity index (χ4n) is 11.7. The molecule has 21 heteroatoms. The Morgan fingerprint density at radius 2 is 0.531 bits per heavy atom. The highest BCUT2D eigenvalue weighted by molar-refractivity contribution is 8.00. The third-order valence-corrected chi connectivity index (χ3v) is 19.7. The third-order valence-electron chi connectivity index (χ3n) is 16.9. The first-order valence-electron chi connectivity index (χ1n) is 32.5. The van der Waals surface area contributed by atoms with Crippen molar-refractivity contribution in [3.05, 3.63) is 179 Å². The summed E-state index contributed by atoms with van der Waals surface area (Å²) in [6, 6.07) is 48.5. The molecule has 506 valence electrons. The van der Waals surface area contributed by atoms with Crippen molar-refractivity contribution in [1.29, 1.82) is 0 Å². The van der Waals surface area contributed by atoms with Gasteiger partial charge in [0.15, 0.2) is 0 Å². The summed E-state index contributed by atoms with van der Waals surface area (Å²) >= 11 is 3.46. The molecule has 0 heterocycles. The molecular formula is C75H80O18S3. The standard InChI is InChI=1S/C75H80O18S3/c1-2-75(48-91-72(82)45-94-39-33-69(79)85-36-15-30-66(76)88-42-63-57-24-9-3-18-51(57)52-19-4-10-25-58(52)63,49-92-73(83)46-95-40-34-70(80)86-37-16-31-67(77)89-43-64-59-26-11-5-20-53(59)54-21-6-12-27-60(54)64)50-93-74(84)47-96-41-35-71(81)87-38-17-32-68(78)90-44-65-61-28-13-7-22-55(61)56-23-8-14-29-62(56)65/h3-14,18-29,63-65H,2,15-17,30-50H2,1H3. The number of esters is 9. The molecule has 0 saturated carbocycles. The van der Waals surface area contributed by atoms with Gasteiger partial charge in [-0.25, -0.2) is 0 Å². The van der Waals surface area contributed by atoms with Crippen LogP contribution >= 0.6 is 35.3 Å². The van der Waals surface area contributed by atoms with Gasteiger partial charge in [0, 0.05) is 54.3 Å². The van der Waals surface area contributed by atoms with Gasteiger partial charge in [0.25, 0.3) is 0 Å². The molecule has 0 aromatic heterocycles. The minimum absolute atomic E-state index is 0.00348. The summed E-state index contributed by atoms with van der Waals surface area (Å²) in [7, 11) is 0. The van der Waals surface area contributed by atoms with E-state index >= 15 is 0 Å². The lowest BCUT2D eigenvalue weighted by Crippen LogP contribution is -2.39. The van der Waals surface area contributed by atoms with Gasteiger partial charge in [0.05, 0.1) is 61.8 Å². The van der Waals surface area contributed by atoms with E-state index in [1.807, 2.05) is 109 Å². The molecule has 0 radical (unpaired) electrons. The molecule has 0 spiro atoms. The van der Waals surface area contributed by atoms with Gasteiger partial charge in [-0.05, 0) is 92.4 Å². The summed E-state index contributed by atoms with van der Waals surface area (Å²) in [6.45, 7) is 1.62. The van der Waals surface area contributed by atoms with Crippen molar-refractivity contribution in [1.82, 2.24) is 0 Å². The van der Waals surface area contributed by atoms with Crippen LogP contribution in [-0.2, 0) is 85.8 Å². The van der Waals surface area contributed by atoms with E-state index in [4.69, 9.17) is 42.6 Å². The lowest BCUT2D eigenvalue weighted by atomic mass is 9.88. The number of hydrogen-bond acceptors (Lipinski definition) is 21. The fourth-order valence-corrected chi connectivity index (χ4v) is 13.8. The summed E-state index contributed by atoms with van der Waals surface area (Å²) in [4.78, 5) is 115. The van der Waals surface area contributed by atoms with E-state index in [2.05, 4.69) is 36.4 Å². The predicted octanol–water partition coefficient (Wildman–Crippen LogP) is 12.4. The average Bonchev–Trinajstić information content (AvgIpc) is 1.64. The van der Waals surface area contributed by atoms with Crippen LogP contribution in [0.4, 0.5) is 0 Å². The third kappa shape index (κ3) is 20.8. The largest absolute Gasteiger partial charge is 0.466 e. The van der Waals surface area contributed by atoms with Crippen molar-refractivity contribution in [2.45, 2.75) is 88.9 Å². The molecule has 18 nitrogen and oxygen atoms in total. The predicted molar refractivity (Wildman–Crippen MR) is 366 cm³/mol. The smallest absolute Gasteiger partial charge is 0.315 e. The minimum atomic E-state index is -1.16. The Balaban J connectivity index is 0.643. The second-order valence-electron chi connectivity index (χ2n) is 23.4. The maximum absolute atomic E-state index is 13.1. The zero-order valence-electron chi connectivity index (χ0n) is 53.8. The summed E-state index contributed by atoms with van der Waals surface area (Å²) in [6.07, 6.45) is 1.34. The van der Waals surface area contributed by atoms with E-state index in [0.29, 0.717) is 0 Å². The Bertz CT molecular complexity index is 3170. The van der Waals surface area contributed by atoms with E-state index in [0.717, 1.165) is 102 Å². The average molecular weight is 1370 g/mol. The van der Waals surface area contributed by atoms with E-state index in [9.17, 15) is 43.2 Å². The number of benzene rings is 6. The maximum atomic E-state index is 13.1. The molecule has 0 amide bonds. The molecule has 0 atom stereocenters. The van der Waals surface area contributed by atoms with Crippen LogP contribution in [0.2, 0.25) is 0 Å². The highest BCUT2D eigenvalue weighted by atomic mass is 32.2. The van der Waals surface area contributed by atoms with E-state index in [1.165, 1.54) is 0 Å². The van der Waals surface area contributed by atoms with Crippen molar-refractivity contribution in [3.63, 3.8) is 0 Å². The van der Waals surface area contributed by atoms with Gasteiger partial charge in [-0.2, -0.15) is 0 Å². The van der Waals surface area contributed by atoms with Crippen LogP contribution in [0.1, 0.15) is 122 Å². The van der Waals surface area contributed by atoms with Gasteiger partial charge >= 0.3 is 53.7 Å². The van der Waals surface area contributed by atoms with Crippen LogP contribution in [0.15, 0.2) is 146 Å². The first-order valence-corrected chi connectivity index (χ1v) is 35.9. The summed E-state index contributed by atoms with van der Waals surface area (Å²) in [5.41, 5.74) is 12.3. The number of ether oxygens (including phenoxy) is 9. The molecule has 6 aromatic rings. The first kappa shape index (κ1) is 71.9. The van der Waals surface area contributed by atoms with Gasteiger partial charge in [-0.1, -0.05) is 153 Å². The zero-order valence-corrected chi connectivity index (χ0v) is 56.3. The summed E-state index contributed by atoms with van der Waals surface area (Å²) in [5.74, 6) is -4.31. The second kappa shape index (κ2) is 37.2. The summed E-state index contributed by atoms with van der Waals surface area (Å²) in [5, 5.41) is 0. The molecule has 0 N–H and O–H groups in total. The molecule has 3 aliphatic carbocycles. The van der Waals surface area contributed by atoms with Crippen molar-refractivity contribution in [2.24, 2.45) is 5.41 Å². The van der Waals surface area contributed by atoms with Crippen LogP contribution in [0.3, 0.4) is 0 Å². The van der Waals surface area contributed by atoms with Gasteiger partial charge in [-0.3, -0.25) is 43.2 Å². The van der Waals surface area contributed by atoms with Crippen molar-refractivity contribution < 1.29 is 85.8 Å². The molecule has 0 unspecified atom stereocenters. The lowest BCUT2D eigenvalue weighted by Gasteiger charge is -2.31. The molecule has 0 fully saturated rings. The number of rotatable bonds is 40. The summed E-state index contributed by atoms with van der Waals surface area (Å²) < 4.78 is 50.0. The molecule has 6 aromatic carbocycles. The van der Waals surface area contributed by atoms with Gasteiger partial charge in [0.2, 0.25) is 0 Å². The fraction of sp³-hybridized carbons (Fsp3) is 0.400. The van der Waals surface area contributed by atoms with E-state index in [1.54, 1.807) is 6.92 Å². The molecule has 0 aliphatic heterocycles. The Hall–Kier alpha value is -8.40. The topological polar surface area (TPSA) is 237 Å². The zero-order chi connectivity index (χ0) is 67.5. The molecule has 0 bridgehead atoms. The number of carbonyl (C=O) groups excluding carboxylic acids is 9. The number of carbonyl (C=O) groups is 9. The quantitative estimate of drug-likeness (QED) is 0.0197. The molecule has 9 rings (SSSR count). The molecule has 3 aliphatic rings. The normalized spacial score (nSPS) is 12.6. The van der Waals surface area contributed by atoms with Gasteiger partial charge in [0.1, 0.15) is 39.6 Å². The molecule has 96 heavy (non-hydrogen) atoms. The van der Waals surface area contributed by atoms with E-state index in [-0.39, 0.29) is 194 Å². The van der Waals surface area contributed by atoms with Gasteiger partial charge < -0.3 is 42.6 Å². The monoisotopic (exact) mass is 1360 g/mol. The Morgan fingerprint density at radius 3 is 0.771 bits per heavy atom. The van der Waals surface area contributed by atoms with Crippen LogP contribution in [0, 0.1) is 5.41 Å². The van der Waals surface area contributed by atoms with Crippen LogP contribution in [0.25, 0.3) is 33.4 Å². The highest BCUT2D eigenvalue weighted by Crippen LogP contribution is 2.47.